The number of nitrogens with two attached hydrogens (primary N) is 1. The Morgan fingerprint density at radius 1 is 1.35 bits per heavy atom. The van der Waals surface area contributed by atoms with Gasteiger partial charge in [0, 0.05) is 28.3 Å². The van der Waals surface area contributed by atoms with E-state index in [1.807, 2.05) is 0 Å². The summed E-state index contributed by atoms with van der Waals surface area (Å²) in [6.45, 7) is 2.25. The number of hydrogen-bond acceptors (Lipinski definition) is 5. The number of alkyl halides is 5. The number of nitrogens with zero attached hydrogens (tertiary/aromatic N) is 1. The summed E-state index contributed by atoms with van der Waals surface area (Å²) in [4.78, 5) is 15.4. The topological polar surface area (TPSA) is 90.4 Å². The number of amides is 1. The molecule has 1 aromatic carbocycles. The highest BCUT2D eigenvalue weighted by Crippen LogP contribution is 2.46. The van der Waals surface area contributed by atoms with Crippen LogP contribution in [-0.4, -0.2) is 29.9 Å². The van der Waals surface area contributed by atoms with Crippen LogP contribution >= 0.6 is 0 Å². The summed E-state index contributed by atoms with van der Waals surface area (Å²) in [6, 6.07) is 3.91. The third-order valence-corrected chi connectivity index (χ3v) is 6.01. The van der Waals surface area contributed by atoms with Gasteiger partial charge in [0.15, 0.2) is 5.69 Å². The smallest absolute Gasteiger partial charge is 0.433 e. The largest absolute Gasteiger partial charge is 0.488 e. The Bertz CT molecular complexity index is 1250. The Kier molecular flexibility index (Phi) is 6.01. The zero-order chi connectivity index (χ0) is 24.8. The fraction of sp³-hybridized carbons (Fsp3) is 0.391. The first kappa shape index (κ1) is 23.9. The van der Waals surface area contributed by atoms with E-state index < -0.39 is 42.8 Å². The Hall–Kier alpha value is -3.21. The van der Waals surface area contributed by atoms with Crippen molar-refractivity contribution in [2.24, 2.45) is 5.73 Å². The lowest BCUT2D eigenvalue weighted by Gasteiger charge is -2.33. The second-order valence-electron chi connectivity index (χ2n) is 8.27. The number of hydrogen-bond donors (Lipinski definition) is 2. The van der Waals surface area contributed by atoms with E-state index in [9.17, 15) is 26.7 Å². The maximum Gasteiger partial charge on any atom is 0.433 e. The van der Waals surface area contributed by atoms with E-state index in [1.165, 1.54) is 32.0 Å². The quantitative estimate of drug-likeness (QED) is 0.507. The van der Waals surface area contributed by atoms with Gasteiger partial charge in [-0.1, -0.05) is 6.07 Å². The molecule has 2 aromatic heterocycles. The average Bonchev–Trinajstić information content (AvgIpc) is 3.08. The molecule has 1 aliphatic rings. The first-order chi connectivity index (χ1) is 15.9. The Labute approximate surface area is 191 Å². The van der Waals surface area contributed by atoms with Crippen molar-refractivity contribution in [2.45, 2.75) is 44.9 Å². The van der Waals surface area contributed by atoms with Crippen molar-refractivity contribution >= 4 is 16.9 Å². The lowest BCUT2D eigenvalue weighted by molar-refractivity contribution is -0.142. The second kappa shape index (κ2) is 8.53. The van der Waals surface area contributed by atoms with Gasteiger partial charge < -0.3 is 20.2 Å². The number of benzene rings is 1. The molecule has 0 spiro atoms. The molecule has 1 aliphatic heterocycles. The van der Waals surface area contributed by atoms with Gasteiger partial charge in [0.1, 0.15) is 23.7 Å². The zero-order valence-electron chi connectivity index (χ0n) is 18.4. The standard InChI is InChI=1S/C23H22F5N3O3/c1-11-17-16(34-12(2)18(17)21(29)32)8-14(15-5-7-30-10-22(15,24)25)19(11)33-9-13-4-3-6-31-20(13)23(26,27)28/h3-4,6,8,15,30H,5,7,9-10H2,1-2H3,(H2,29,32). The molecule has 3 aromatic rings. The minimum absolute atomic E-state index is 0.0284. The Balaban J connectivity index is 1.88. The van der Waals surface area contributed by atoms with Gasteiger partial charge in [0.05, 0.1) is 18.0 Å². The van der Waals surface area contributed by atoms with Crippen LogP contribution in [-0.2, 0) is 12.8 Å². The van der Waals surface area contributed by atoms with Crippen LogP contribution in [0.5, 0.6) is 5.75 Å². The van der Waals surface area contributed by atoms with Crippen LogP contribution in [0.2, 0.25) is 0 Å². The predicted octanol–water partition coefficient (Wildman–Crippen LogP) is 4.85. The minimum atomic E-state index is -4.72. The SMILES string of the molecule is Cc1oc2cc(C3CCNCC3(F)F)c(OCc3cccnc3C(F)(F)F)c(C)c2c1C(N)=O. The molecule has 1 fully saturated rings. The fourth-order valence-electron chi connectivity index (χ4n) is 4.50. The molecule has 0 aliphatic carbocycles. The molecule has 182 valence electrons. The van der Waals surface area contributed by atoms with Crippen LogP contribution in [0.15, 0.2) is 28.8 Å². The van der Waals surface area contributed by atoms with Crippen molar-refractivity contribution in [1.82, 2.24) is 10.3 Å². The number of carbonyl (C=O) groups excluding carboxylic acids is 1. The van der Waals surface area contributed by atoms with Crippen molar-refractivity contribution in [1.29, 1.82) is 0 Å². The highest BCUT2D eigenvalue weighted by molar-refractivity contribution is 6.08. The average molecular weight is 483 g/mol. The normalized spacial score (nSPS) is 18.3. The summed E-state index contributed by atoms with van der Waals surface area (Å²) in [7, 11) is 0. The number of rotatable bonds is 5. The summed E-state index contributed by atoms with van der Waals surface area (Å²) in [5, 5.41) is 2.93. The summed E-state index contributed by atoms with van der Waals surface area (Å²) >= 11 is 0. The van der Waals surface area contributed by atoms with Crippen molar-refractivity contribution in [3.63, 3.8) is 0 Å². The number of fused-ring (bicyclic) bond motifs is 1. The van der Waals surface area contributed by atoms with Crippen molar-refractivity contribution in [3.05, 3.63) is 58.1 Å². The molecule has 1 atom stereocenters. The van der Waals surface area contributed by atoms with Crippen LogP contribution in [0.4, 0.5) is 22.0 Å². The first-order valence-corrected chi connectivity index (χ1v) is 10.5. The molecule has 1 unspecified atom stereocenters. The molecule has 11 heteroatoms. The third kappa shape index (κ3) is 4.20. The van der Waals surface area contributed by atoms with E-state index in [1.54, 1.807) is 0 Å². The summed E-state index contributed by atoms with van der Waals surface area (Å²) in [5.74, 6) is -5.02. The number of primary amides is 1. The van der Waals surface area contributed by atoms with Gasteiger partial charge in [-0.15, -0.1) is 0 Å². The second-order valence-corrected chi connectivity index (χ2v) is 8.27. The molecule has 3 N–H and O–H groups in total. The van der Waals surface area contributed by atoms with Gasteiger partial charge in [-0.3, -0.25) is 9.78 Å². The monoisotopic (exact) mass is 483 g/mol. The van der Waals surface area contributed by atoms with Gasteiger partial charge in [0.2, 0.25) is 0 Å². The van der Waals surface area contributed by atoms with E-state index in [0.29, 0.717) is 6.54 Å². The fourth-order valence-corrected chi connectivity index (χ4v) is 4.50. The van der Waals surface area contributed by atoms with Crippen LogP contribution < -0.4 is 15.8 Å². The zero-order valence-corrected chi connectivity index (χ0v) is 18.4. The van der Waals surface area contributed by atoms with E-state index in [-0.39, 0.29) is 51.2 Å². The maximum atomic E-state index is 14.9. The van der Waals surface area contributed by atoms with Crippen molar-refractivity contribution in [3.8, 4) is 5.75 Å². The highest BCUT2D eigenvalue weighted by atomic mass is 19.4. The number of piperidine rings is 1. The molecular weight excluding hydrogens is 461 g/mol. The van der Waals surface area contributed by atoms with Crippen LogP contribution in [0, 0.1) is 13.8 Å². The number of pyridine rings is 1. The number of halogens is 5. The summed E-state index contributed by atoms with van der Waals surface area (Å²) in [6.07, 6.45) is -3.64. The van der Waals surface area contributed by atoms with Gasteiger partial charge in [-0.05, 0) is 38.9 Å². The molecular formula is C23H22F5N3O3. The van der Waals surface area contributed by atoms with Crippen LogP contribution in [0.3, 0.4) is 0 Å². The molecule has 4 rings (SSSR count). The highest BCUT2D eigenvalue weighted by Gasteiger charge is 2.44. The van der Waals surface area contributed by atoms with E-state index >= 15 is 0 Å². The summed E-state index contributed by atoms with van der Waals surface area (Å²) in [5.41, 5.74) is 4.75. The molecule has 0 saturated carbocycles. The van der Waals surface area contributed by atoms with Gasteiger partial charge in [0.25, 0.3) is 11.8 Å². The van der Waals surface area contributed by atoms with E-state index in [0.717, 1.165) is 6.20 Å². The number of ether oxygens (including phenoxy) is 1. The summed E-state index contributed by atoms with van der Waals surface area (Å²) < 4.78 is 81.4. The predicted molar refractivity (Wildman–Crippen MR) is 113 cm³/mol. The molecule has 0 bridgehead atoms. The molecule has 1 amide bonds. The van der Waals surface area contributed by atoms with E-state index in [2.05, 4.69) is 10.3 Å². The van der Waals surface area contributed by atoms with E-state index in [4.69, 9.17) is 14.9 Å². The minimum Gasteiger partial charge on any atom is -0.488 e. The van der Waals surface area contributed by atoms with Gasteiger partial charge in [-0.25, -0.2) is 8.78 Å². The van der Waals surface area contributed by atoms with Gasteiger partial charge >= 0.3 is 6.18 Å². The van der Waals surface area contributed by atoms with Crippen LogP contribution in [0.1, 0.15) is 50.8 Å². The number of nitrogens with one attached hydrogen (secondary N) is 1. The van der Waals surface area contributed by atoms with Crippen LogP contribution in [0.25, 0.3) is 11.0 Å². The Morgan fingerprint density at radius 3 is 2.74 bits per heavy atom. The maximum absolute atomic E-state index is 14.9. The molecule has 34 heavy (non-hydrogen) atoms. The third-order valence-electron chi connectivity index (χ3n) is 6.01. The molecule has 3 heterocycles. The Morgan fingerprint density at radius 2 is 2.09 bits per heavy atom. The lowest BCUT2D eigenvalue weighted by Crippen LogP contribution is -2.44. The van der Waals surface area contributed by atoms with Crippen molar-refractivity contribution < 1.29 is 35.9 Å². The molecule has 6 nitrogen and oxygen atoms in total. The number of furan rings is 1. The number of aromatic nitrogens is 1. The van der Waals surface area contributed by atoms with Gasteiger partial charge in [-0.2, -0.15) is 13.2 Å². The first-order valence-electron chi connectivity index (χ1n) is 10.5. The van der Waals surface area contributed by atoms with Crippen molar-refractivity contribution in [2.75, 3.05) is 13.1 Å². The molecule has 1 saturated heterocycles. The number of carbonyl (C=O) groups is 1. The lowest BCUT2D eigenvalue weighted by atomic mass is 9.84. The number of aryl methyl sites for hydroxylation is 2. The molecule has 0 radical (unpaired) electrons.